The van der Waals surface area contributed by atoms with E-state index in [1.807, 2.05) is 0 Å². The van der Waals surface area contributed by atoms with E-state index < -0.39 is 0 Å². The normalized spacial score (nSPS) is 14.0. The van der Waals surface area contributed by atoms with E-state index in [0.717, 1.165) is 11.3 Å². The number of benzene rings is 1. The lowest BCUT2D eigenvalue weighted by molar-refractivity contribution is -0.131. The molecule has 0 aromatic heterocycles. The molecule has 0 saturated carbocycles. The van der Waals surface area contributed by atoms with Crippen LogP contribution in [-0.4, -0.2) is 18.9 Å². The van der Waals surface area contributed by atoms with Crippen LogP contribution in [0.2, 0.25) is 0 Å². The highest BCUT2D eigenvalue weighted by Gasteiger charge is 2.24. The maximum Gasteiger partial charge on any atom is 0.308 e. The number of rotatable bonds is 1. The fourth-order valence-electron chi connectivity index (χ4n) is 1.68. The number of carbonyl (C=O) groups excluding carboxylic acids is 2. The van der Waals surface area contributed by atoms with Crippen LogP contribution in [0.1, 0.15) is 12.5 Å². The molecule has 0 atom stereocenters. The van der Waals surface area contributed by atoms with Gasteiger partial charge >= 0.3 is 5.97 Å². The molecule has 0 saturated heterocycles. The number of carbonyl (C=O) groups is 2. The van der Waals surface area contributed by atoms with Crippen molar-refractivity contribution >= 4 is 17.6 Å². The Kier molecular flexibility index (Phi) is 2.19. The second kappa shape index (κ2) is 3.38. The van der Waals surface area contributed by atoms with Crippen molar-refractivity contribution in [2.75, 3.05) is 11.9 Å². The molecule has 0 aliphatic carbocycles. The van der Waals surface area contributed by atoms with Crippen molar-refractivity contribution < 1.29 is 14.3 Å². The van der Waals surface area contributed by atoms with Gasteiger partial charge < -0.3 is 9.64 Å². The Labute approximate surface area is 87.4 Å². The van der Waals surface area contributed by atoms with Crippen molar-refractivity contribution in [3.63, 3.8) is 0 Å². The number of hydrogen-bond donors (Lipinski definition) is 0. The van der Waals surface area contributed by atoms with Crippen molar-refractivity contribution in [1.82, 2.24) is 0 Å². The molecule has 1 aliphatic heterocycles. The minimum absolute atomic E-state index is 0.0602. The standard InChI is InChI=1S/C11H11NO3/c1-7(13)15-9-3-4-10-8(5-9)6-11(14)12(10)2/h3-5H,6H2,1-2H3. The minimum atomic E-state index is -0.354. The highest BCUT2D eigenvalue weighted by Crippen LogP contribution is 2.30. The van der Waals surface area contributed by atoms with Gasteiger partial charge in [-0.3, -0.25) is 9.59 Å². The summed E-state index contributed by atoms with van der Waals surface area (Å²) >= 11 is 0. The third kappa shape index (κ3) is 1.70. The first-order chi connectivity index (χ1) is 7.08. The van der Waals surface area contributed by atoms with E-state index >= 15 is 0 Å². The first-order valence-corrected chi connectivity index (χ1v) is 4.66. The average Bonchev–Trinajstić information content (AvgIpc) is 2.41. The lowest BCUT2D eigenvalue weighted by Gasteiger charge is -2.10. The molecule has 1 aliphatic rings. The van der Waals surface area contributed by atoms with Crippen LogP contribution in [0.15, 0.2) is 18.2 Å². The summed E-state index contributed by atoms with van der Waals surface area (Å²) in [5, 5.41) is 0. The predicted molar refractivity (Wildman–Crippen MR) is 54.9 cm³/mol. The Morgan fingerprint density at radius 2 is 2.20 bits per heavy atom. The minimum Gasteiger partial charge on any atom is -0.427 e. The highest BCUT2D eigenvalue weighted by atomic mass is 16.5. The average molecular weight is 205 g/mol. The summed E-state index contributed by atoms with van der Waals surface area (Å²) in [5.74, 6) is 0.196. The topological polar surface area (TPSA) is 46.6 Å². The molecule has 0 unspecified atom stereocenters. The Hall–Kier alpha value is -1.84. The third-order valence-corrected chi connectivity index (χ3v) is 2.39. The first-order valence-electron chi connectivity index (χ1n) is 4.66. The van der Waals surface area contributed by atoms with E-state index in [2.05, 4.69) is 0 Å². The smallest absolute Gasteiger partial charge is 0.308 e. The number of anilines is 1. The van der Waals surface area contributed by atoms with Crippen LogP contribution in [0, 0.1) is 0 Å². The molecule has 0 spiro atoms. The second-order valence-electron chi connectivity index (χ2n) is 3.51. The predicted octanol–water partition coefficient (Wildman–Crippen LogP) is 1.13. The van der Waals surface area contributed by atoms with Gasteiger partial charge in [-0.2, -0.15) is 0 Å². The van der Waals surface area contributed by atoms with Crippen molar-refractivity contribution in [2.45, 2.75) is 13.3 Å². The van der Waals surface area contributed by atoms with E-state index in [0.29, 0.717) is 12.2 Å². The summed E-state index contributed by atoms with van der Waals surface area (Å²) < 4.78 is 4.94. The van der Waals surface area contributed by atoms with Crippen LogP contribution in [-0.2, 0) is 16.0 Å². The van der Waals surface area contributed by atoms with Crippen LogP contribution in [0.3, 0.4) is 0 Å². The highest BCUT2D eigenvalue weighted by molar-refractivity contribution is 6.01. The van der Waals surface area contributed by atoms with E-state index in [-0.39, 0.29) is 11.9 Å². The van der Waals surface area contributed by atoms with Gasteiger partial charge in [-0.25, -0.2) is 0 Å². The molecule has 2 rings (SSSR count). The lowest BCUT2D eigenvalue weighted by Crippen LogP contribution is -2.20. The van der Waals surface area contributed by atoms with E-state index in [1.54, 1.807) is 30.1 Å². The van der Waals surface area contributed by atoms with Gasteiger partial charge in [0.25, 0.3) is 0 Å². The summed E-state index contributed by atoms with van der Waals surface area (Å²) in [7, 11) is 1.74. The second-order valence-corrected chi connectivity index (χ2v) is 3.51. The zero-order valence-corrected chi connectivity index (χ0v) is 8.61. The molecule has 0 N–H and O–H groups in total. The van der Waals surface area contributed by atoms with Gasteiger partial charge in [-0.15, -0.1) is 0 Å². The number of ether oxygens (including phenoxy) is 1. The Bertz CT molecular complexity index is 439. The van der Waals surface area contributed by atoms with Crippen molar-refractivity contribution in [3.8, 4) is 5.75 Å². The lowest BCUT2D eigenvalue weighted by atomic mass is 10.1. The first kappa shape index (κ1) is 9.71. The number of esters is 1. The molecule has 78 valence electrons. The van der Waals surface area contributed by atoms with Gasteiger partial charge in [0.1, 0.15) is 5.75 Å². The molecular weight excluding hydrogens is 194 g/mol. The fraction of sp³-hybridized carbons (Fsp3) is 0.273. The monoisotopic (exact) mass is 205 g/mol. The number of likely N-dealkylation sites (N-methyl/N-ethyl adjacent to an activating group) is 1. The maximum absolute atomic E-state index is 11.4. The Balaban J connectivity index is 2.33. The van der Waals surface area contributed by atoms with Crippen LogP contribution in [0.5, 0.6) is 5.75 Å². The van der Waals surface area contributed by atoms with Crippen LogP contribution in [0.25, 0.3) is 0 Å². The van der Waals surface area contributed by atoms with Gasteiger partial charge in [-0.1, -0.05) is 0 Å². The molecular formula is C11H11NO3. The Morgan fingerprint density at radius 3 is 2.87 bits per heavy atom. The van der Waals surface area contributed by atoms with Gasteiger partial charge in [0, 0.05) is 19.7 Å². The van der Waals surface area contributed by atoms with Crippen molar-refractivity contribution in [1.29, 1.82) is 0 Å². The summed E-state index contributed by atoms with van der Waals surface area (Å²) in [4.78, 5) is 23.7. The maximum atomic E-state index is 11.4. The SMILES string of the molecule is CC(=O)Oc1ccc2c(c1)CC(=O)N2C. The van der Waals surface area contributed by atoms with E-state index in [9.17, 15) is 9.59 Å². The zero-order chi connectivity index (χ0) is 11.0. The summed E-state index contributed by atoms with van der Waals surface area (Å²) in [6.07, 6.45) is 0.376. The van der Waals surface area contributed by atoms with Crippen LogP contribution >= 0.6 is 0 Å². The molecule has 4 heteroatoms. The number of hydrogen-bond acceptors (Lipinski definition) is 3. The number of fused-ring (bicyclic) bond motifs is 1. The van der Waals surface area contributed by atoms with Gasteiger partial charge in [0.15, 0.2) is 0 Å². The number of nitrogens with zero attached hydrogens (tertiary/aromatic N) is 1. The quantitative estimate of drug-likeness (QED) is 0.510. The molecule has 1 aromatic rings. The van der Waals surface area contributed by atoms with Crippen LogP contribution < -0.4 is 9.64 Å². The molecule has 4 nitrogen and oxygen atoms in total. The van der Waals surface area contributed by atoms with Gasteiger partial charge in [0.2, 0.25) is 5.91 Å². The largest absolute Gasteiger partial charge is 0.427 e. The molecule has 1 aromatic carbocycles. The zero-order valence-electron chi connectivity index (χ0n) is 8.61. The molecule has 1 amide bonds. The number of amides is 1. The summed E-state index contributed by atoms with van der Waals surface area (Å²) in [6, 6.07) is 5.21. The van der Waals surface area contributed by atoms with Crippen molar-refractivity contribution in [2.24, 2.45) is 0 Å². The van der Waals surface area contributed by atoms with E-state index in [4.69, 9.17) is 4.74 Å². The third-order valence-electron chi connectivity index (χ3n) is 2.39. The summed E-state index contributed by atoms with van der Waals surface area (Å²) in [5.41, 5.74) is 1.79. The fourth-order valence-corrected chi connectivity index (χ4v) is 1.68. The van der Waals surface area contributed by atoms with Crippen LogP contribution in [0.4, 0.5) is 5.69 Å². The van der Waals surface area contributed by atoms with E-state index in [1.165, 1.54) is 6.92 Å². The van der Waals surface area contributed by atoms with Gasteiger partial charge in [-0.05, 0) is 23.8 Å². The van der Waals surface area contributed by atoms with Gasteiger partial charge in [0.05, 0.1) is 6.42 Å². The Morgan fingerprint density at radius 1 is 1.47 bits per heavy atom. The van der Waals surface area contributed by atoms with Crippen molar-refractivity contribution in [3.05, 3.63) is 23.8 Å². The molecule has 0 fully saturated rings. The summed E-state index contributed by atoms with van der Waals surface area (Å²) in [6.45, 7) is 1.35. The molecule has 15 heavy (non-hydrogen) atoms. The molecule has 0 radical (unpaired) electrons. The molecule has 0 bridgehead atoms. The molecule has 1 heterocycles.